The third-order valence-corrected chi connectivity index (χ3v) is 8.14. The van der Waals surface area contributed by atoms with Crippen LogP contribution in [0.4, 0.5) is 10.6 Å². The zero-order chi connectivity index (χ0) is 30.1. The summed E-state index contributed by atoms with van der Waals surface area (Å²) in [7, 11) is 3.19. The van der Waals surface area contributed by atoms with Gasteiger partial charge in [0.25, 0.3) is 0 Å². The molecule has 0 fully saturated rings. The van der Waals surface area contributed by atoms with E-state index in [0.717, 1.165) is 64.4 Å². The largest absolute Gasteiger partial charge is 0.493 e. The second-order valence-electron chi connectivity index (χ2n) is 10.3. The van der Waals surface area contributed by atoms with Crippen LogP contribution in [-0.2, 0) is 11.3 Å². The summed E-state index contributed by atoms with van der Waals surface area (Å²) in [4.78, 5) is 33.6. The lowest BCUT2D eigenvalue weighted by Gasteiger charge is -2.17. The van der Waals surface area contributed by atoms with E-state index in [1.54, 1.807) is 25.5 Å². The Hall–Kier alpha value is -4.18. The number of hydrogen-bond donors (Lipinski definition) is 2. The third-order valence-electron chi connectivity index (χ3n) is 7.03. The lowest BCUT2D eigenvalue weighted by atomic mass is 10.0. The maximum Gasteiger partial charge on any atom is 0.407 e. The molecule has 0 saturated heterocycles. The predicted molar refractivity (Wildman–Crippen MR) is 167 cm³/mol. The maximum atomic E-state index is 11.4. The Kier molecular flexibility index (Phi) is 10.7. The molecule has 0 spiro atoms. The van der Waals surface area contributed by atoms with E-state index in [1.807, 2.05) is 43.3 Å². The standard InChI is InChI=1S/C32H38N4O5S/c1-21(30-16-24(20-42-30)25-13-9-8-12-23(25)19-36(3)32(38)39)33-31-26-17-28(40-4)29(18-27(26)34-22(2)35-31)41-15-11-7-5-6-10-14-37/h8-9,12-14,16-18,20-21H,5-7,10-11,15,19H2,1-4H3,(H,38,39)(H,33,34,35). The van der Waals surface area contributed by atoms with Crippen molar-refractivity contribution in [2.24, 2.45) is 0 Å². The number of nitrogens with zero attached hydrogens (tertiary/aromatic N) is 3. The van der Waals surface area contributed by atoms with Crippen LogP contribution in [0.5, 0.6) is 11.5 Å². The number of carboxylic acid groups (broad SMARTS) is 1. The molecule has 0 aliphatic heterocycles. The number of hydrogen-bond acceptors (Lipinski definition) is 8. The molecule has 2 N–H and O–H groups in total. The first kappa shape index (κ1) is 30.8. The number of methoxy groups -OCH3 is 1. The quantitative estimate of drug-likeness (QED) is 0.108. The number of aryl methyl sites for hydroxylation is 1. The Balaban J connectivity index is 1.51. The van der Waals surface area contributed by atoms with E-state index < -0.39 is 6.09 Å². The summed E-state index contributed by atoms with van der Waals surface area (Å²) in [6.45, 7) is 4.83. The lowest BCUT2D eigenvalue weighted by molar-refractivity contribution is -0.107. The first-order valence-electron chi connectivity index (χ1n) is 14.1. The molecule has 0 aliphatic carbocycles. The third kappa shape index (κ3) is 7.76. The summed E-state index contributed by atoms with van der Waals surface area (Å²) in [5, 5.41) is 15.8. The number of thiophene rings is 1. The van der Waals surface area contributed by atoms with Crippen LogP contribution in [-0.4, -0.2) is 53.1 Å². The lowest BCUT2D eigenvalue weighted by Crippen LogP contribution is -2.24. The number of carbonyl (C=O) groups excluding carboxylic acids is 1. The first-order chi connectivity index (χ1) is 20.3. The maximum absolute atomic E-state index is 11.4. The summed E-state index contributed by atoms with van der Waals surface area (Å²) in [6.07, 6.45) is 4.45. The zero-order valence-corrected chi connectivity index (χ0v) is 25.4. The molecule has 2 heterocycles. The number of nitrogens with one attached hydrogen (secondary N) is 1. The molecular formula is C32H38N4O5S. The number of unbranched alkanes of at least 4 members (excludes halogenated alkanes) is 4. The number of benzene rings is 2. The first-order valence-corrected chi connectivity index (χ1v) is 15.0. The molecule has 10 heteroatoms. The SMILES string of the molecule is COc1cc2c(NC(C)c3cc(-c4ccccc4CN(C)C(=O)O)cs3)nc(C)nc2cc1OCCCCCCC=O. The van der Waals surface area contributed by atoms with E-state index in [0.29, 0.717) is 42.7 Å². The summed E-state index contributed by atoms with van der Waals surface area (Å²) >= 11 is 1.64. The second kappa shape index (κ2) is 14.6. The Labute approximate surface area is 250 Å². The fraction of sp³-hybridized carbons (Fsp3) is 0.375. The molecule has 1 atom stereocenters. The van der Waals surface area contributed by atoms with E-state index in [2.05, 4.69) is 28.7 Å². The van der Waals surface area contributed by atoms with Gasteiger partial charge in [-0.25, -0.2) is 14.8 Å². The monoisotopic (exact) mass is 590 g/mol. The highest BCUT2D eigenvalue weighted by molar-refractivity contribution is 7.10. The summed E-state index contributed by atoms with van der Waals surface area (Å²) in [5.74, 6) is 2.62. The van der Waals surface area contributed by atoms with Gasteiger partial charge in [-0.15, -0.1) is 11.3 Å². The fourth-order valence-corrected chi connectivity index (χ4v) is 5.68. The Morgan fingerprint density at radius 2 is 1.90 bits per heavy atom. The molecule has 0 radical (unpaired) electrons. The number of aldehydes is 1. The molecular weight excluding hydrogens is 552 g/mol. The summed E-state index contributed by atoms with van der Waals surface area (Å²) in [6, 6.07) is 13.8. The van der Waals surface area contributed by atoms with Crippen molar-refractivity contribution in [1.82, 2.24) is 14.9 Å². The number of carbonyl (C=O) groups is 2. The minimum Gasteiger partial charge on any atom is -0.493 e. The van der Waals surface area contributed by atoms with Gasteiger partial charge in [-0.2, -0.15) is 0 Å². The van der Waals surface area contributed by atoms with Crippen LogP contribution in [0.1, 0.15) is 61.3 Å². The van der Waals surface area contributed by atoms with Crippen molar-refractivity contribution in [2.75, 3.05) is 26.1 Å². The van der Waals surface area contributed by atoms with Crippen molar-refractivity contribution in [3.63, 3.8) is 0 Å². The molecule has 222 valence electrons. The molecule has 4 aromatic rings. The van der Waals surface area contributed by atoms with Gasteiger partial charge in [0.05, 0.1) is 25.3 Å². The molecule has 2 aromatic heterocycles. The van der Waals surface area contributed by atoms with Crippen LogP contribution in [0.15, 0.2) is 47.8 Å². The summed E-state index contributed by atoms with van der Waals surface area (Å²) < 4.78 is 11.7. The van der Waals surface area contributed by atoms with Crippen LogP contribution >= 0.6 is 11.3 Å². The molecule has 4 rings (SSSR count). The van der Waals surface area contributed by atoms with Crippen LogP contribution in [0.2, 0.25) is 0 Å². The van der Waals surface area contributed by atoms with Gasteiger partial charge in [-0.3, -0.25) is 0 Å². The average molecular weight is 591 g/mol. The average Bonchev–Trinajstić information content (AvgIpc) is 3.47. The van der Waals surface area contributed by atoms with E-state index in [9.17, 15) is 14.7 Å². The number of ether oxygens (including phenoxy) is 2. The van der Waals surface area contributed by atoms with Crippen molar-refractivity contribution in [3.8, 4) is 22.6 Å². The molecule has 0 saturated carbocycles. The van der Waals surface area contributed by atoms with Crippen LogP contribution < -0.4 is 14.8 Å². The number of anilines is 1. The van der Waals surface area contributed by atoms with E-state index >= 15 is 0 Å². The molecule has 0 bridgehead atoms. The molecule has 9 nitrogen and oxygen atoms in total. The topological polar surface area (TPSA) is 114 Å². The van der Waals surface area contributed by atoms with Gasteiger partial charge in [0.15, 0.2) is 11.5 Å². The van der Waals surface area contributed by atoms with Crippen LogP contribution in [0.25, 0.3) is 22.0 Å². The van der Waals surface area contributed by atoms with Crippen molar-refractivity contribution < 1.29 is 24.2 Å². The van der Waals surface area contributed by atoms with Crippen molar-refractivity contribution in [2.45, 2.75) is 58.5 Å². The highest BCUT2D eigenvalue weighted by atomic mass is 32.1. The van der Waals surface area contributed by atoms with E-state index in [4.69, 9.17) is 14.5 Å². The van der Waals surface area contributed by atoms with Gasteiger partial charge in [-0.05, 0) is 60.9 Å². The molecule has 1 amide bonds. The van der Waals surface area contributed by atoms with Gasteiger partial charge in [0.2, 0.25) is 0 Å². The number of fused-ring (bicyclic) bond motifs is 1. The van der Waals surface area contributed by atoms with Crippen molar-refractivity contribution in [3.05, 3.63) is 64.1 Å². The van der Waals surface area contributed by atoms with Crippen molar-refractivity contribution >= 4 is 40.4 Å². The molecule has 42 heavy (non-hydrogen) atoms. The van der Waals surface area contributed by atoms with Crippen LogP contribution in [0.3, 0.4) is 0 Å². The highest BCUT2D eigenvalue weighted by Crippen LogP contribution is 2.37. The normalized spacial score (nSPS) is 11.7. The van der Waals surface area contributed by atoms with E-state index in [-0.39, 0.29) is 6.04 Å². The van der Waals surface area contributed by atoms with Gasteiger partial charge < -0.3 is 29.6 Å². The minimum absolute atomic E-state index is 0.0451. The minimum atomic E-state index is -0.960. The van der Waals surface area contributed by atoms with Gasteiger partial charge in [-0.1, -0.05) is 37.1 Å². The highest BCUT2D eigenvalue weighted by Gasteiger charge is 2.18. The number of aromatic nitrogens is 2. The second-order valence-corrected chi connectivity index (χ2v) is 11.2. The number of rotatable bonds is 15. The van der Waals surface area contributed by atoms with Crippen molar-refractivity contribution in [1.29, 1.82) is 0 Å². The van der Waals surface area contributed by atoms with Gasteiger partial charge in [0.1, 0.15) is 17.9 Å². The fourth-order valence-electron chi connectivity index (χ4n) is 4.76. The zero-order valence-electron chi connectivity index (χ0n) is 24.6. The summed E-state index contributed by atoms with van der Waals surface area (Å²) in [5.41, 5.74) is 3.78. The van der Waals surface area contributed by atoms with E-state index in [1.165, 1.54) is 4.90 Å². The van der Waals surface area contributed by atoms with Gasteiger partial charge >= 0.3 is 6.09 Å². The molecule has 1 unspecified atom stereocenters. The van der Waals surface area contributed by atoms with Crippen LogP contribution in [0, 0.1) is 6.92 Å². The number of amides is 1. The van der Waals surface area contributed by atoms with Gasteiger partial charge in [0, 0.05) is 36.3 Å². The Morgan fingerprint density at radius 3 is 2.67 bits per heavy atom. The molecule has 0 aliphatic rings. The smallest absolute Gasteiger partial charge is 0.407 e. The molecule has 2 aromatic carbocycles. The predicted octanol–water partition coefficient (Wildman–Crippen LogP) is 7.49. The Morgan fingerprint density at radius 1 is 1.12 bits per heavy atom. The Bertz CT molecular complexity index is 1520.